The highest BCUT2D eigenvalue weighted by Gasteiger charge is 2.35. The van der Waals surface area contributed by atoms with Crippen LogP contribution in [0.1, 0.15) is 30.6 Å². The Morgan fingerprint density at radius 1 is 1.09 bits per heavy atom. The van der Waals surface area contributed by atoms with Gasteiger partial charge in [0, 0.05) is 38.2 Å². The van der Waals surface area contributed by atoms with Crippen molar-refractivity contribution in [2.75, 3.05) is 20.1 Å². The van der Waals surface area contributed by atoms with Gasteiger partial charge in [-0.15, -0.1) is 0 Å². The standard InChI is InChI=1S/C26H29N3O3/c1-28(16-8-14-22-19-23(27-32-22)21-12-6-3-7-13-21)26(31)24-15-9-17-29(24)25(30)18-20-10-4-2-5-11-20/h2-7,10-13,19,24H,8-9,14-18H2,1H3. The molecule has 1 aliphatic rings. The number of likely N-dealkylation sites (N-methyl/N-ethyl adjacent to an activating group) is 1. The van der Waals surface area contributed by atoms with Crippen LogP contribution in [-0.2, 0) is 22.4 Å². The maximum Gasteiger partial charge on any atom is 0.245 e. The summed E-state index contributed by atoms with van der Waals surface area (Å²) in [5, 5.41) is 4.15. The van der Waals surface area contributed by atoms with Gasteiger partial charge < -0.3 is 14.3 Å². The second kappa shape index (κ2) is 10.3. The van der Waals surface area contributed by atoms with Crippen molar-refractivity contribution in [2.45, 2.75) is 38.1 Å². The van der Waals surface area contributed by atoms with E-state index in [1.807, 2.05) is 73.8 Å². The number of amides is 2. The number of carbonyl (C=O) groups excluding carboxylic acids is 2. The highest BCUT2D eigenvalue weighted by Crippen LogP contribution is 2.22. The number of carbonyl (C=O) groups is 2. The van der Waals surface area contributed by atoms with E-state index >= 15 is 0 Å². The van der Waals surface area contributed by atoms with Gasteiger partial charge in [-0.05, 0) is 24.8 Å². The second-order valence-electron chi connectivity index (χ2n) is 8.32. The van der Waals surface area contributed by atoms with Crippen molar-refractivity contribution in [2.24, 2.45) is 0 Å². The molecule has 1 fully saturated rings. The Kier molecular flexibility index (Phi) is 7.00. The molecule has 6 heteroatoms. The molecule has 2 heterocycles. The van der Waals surface area contributed by atoms with Gasteiger partial charge in [-0.25, -0.2) is 0 Å². The zero-order chi connectivity index (χ0) is 22.3. The summed E-state index contributed by atoms with van der Waals surface area (Å²) >= 11 is 0. The van der Waals surface area contributed by atoms with Crippen molar-refractivity contribution in [3.05, 3.63) is 78.1 Å². The monoisotopic (exact) mass is 431 g/mol. The van der Waals surface area contributed by atoms with Crippen molar-refractivity contribution >= 4 is 11.8 Å². The molecule has 1 saturated heterocycles. The Bertz CT molecular complexity index is 1030. The molecule has 1 aromatic heterocycles. The van der Waals surface area contributed by atoms with Crippen molar-refractivity contribution in [3.8, 4) is 11.3 Å². The van der Waals surface area contributed by atoms with Crippen molar-refractivity contribution < 1.29 is 14.1 Å². The van der Waals surface area contributed by atoms with E-state index in [4.69, 9.17) is 4.52 Å². The van der Waals surface area contributed by atoms with E-state index in [-0.39, 0.29) is 17.9 Å². The summed E-state index contributed by atoms with van der Waals surface area (Å²) in [5.74, 6) is 0.854. The summed E-state index contributed by atoms with van der Waals surface area (Å²) in [6.07, 6.45) is 3.41. The minimum atomic E-state index is -0.355. The third kappa shape index (κ3) is 5.25. The molecule has 2 aromatic carbocycles. The summed E-state index contributed by atoms with van der Waals surface area (Å²) in [6.45, 7) is 1.26. The van der Waals surface area contributed by atoms with E-state index in [0.29, 0.717) is 25.9 Å². The molecule has 0 aliphatic carbocycles. The van der Waals surface area contributed by atoms with Crippen LogP contribution in [-0.4, -0.2) is 52.9 Å². The molecule has 1 aliphatic heterocycles. The van der Waals surface area contributed by atoms with Crippen LogP contribution in [0, 0.1) is 0 Å². The molecule has 1 unspecified atom stereocenters. The molecular formula is C26H29N3O3. The van der Waals surface area contributed by atoms with Gasteiger partial charge in [-0.1, -0.05) is 65.8 Å². The number of aryl methyl sites for hydroxylation is 1. The van der Waals surface area contributed by atoms with E-state index in [0.717, 1.165) is 41.8 Å². The fourth-order valence-electron chi connectivity index (χ4n) is 4.22. The Morgan fingerprint density at radius 2 is 1.81 bits per heavy atom. The Balaban J connectivity index is 1.27. The van der Waals surface area contributed by atoms with Crippen LogP contribution in [0.3, 0.4) is 0 Å². The van der Waals surface area contributed by atoms with Crippen LogP contribution in [0.5, 0.6) is 0 Å². The van der Waals surface area contributed by atoms with Gasteiger partial charge >= 0.3 is 0 Å². The predicted molar refractivity (Wildman–Crippen MR) is 123 cm³/mol. The zero-order valence-corrected chi connectivity index (χ0v) is 18.4. The van der Waals surface area contributed by atoms with Gasteiger partial charge in [-0.3, -0.25) is 9.59 Å². The Morgan fingerprint density at radius 3 is 2.56 bits per heavy atom. The fourth-order valence-corrected chi connectivity index (χ4v) is 4.22. The highest BCUT2D eigenvalue weighted by atomic mass is 16.5. The van der Waals surface area contributed by atoms with Crippen LogP contribution in [0.4, 0.5) is 0 Å². The summed E-state index contributed by atoms with van der Waals surface area (Å²) in [4.78, 5) is 29.3. The van der Waals surface area contributed by atoms with Gasteiger partial charge in [0.1, 0.15) is 17.5 Å². The number of benzene rings is 2. The van der Waals surface area contributed by atoms with Crippen LogP contribution >= 0.6 is 0 Å². The highest BCUT2D eigenvalue weighted by molar-refractivity contribution is 5.89. The van der Waals surface area contributed by atoms with Crippen LogP contribution in [0.2, 0.25) is 0 Å². The molecule has 0 saturated carbocycles. The van der Waals surface area contributed by atoms with E-state index < -0.39 is 0 Å². The minimum Gasteiger partial charge on any atom is -0.361 e. The first-order chi connectivity index (χ1) is 15.6. The average molecular weight is 432 g/mol. The Labute approximate surface area is 188 Å². The number of likely N-dealkylation sites (tertiary alicyclic amines) is 1. The SMILES string of the molecule is CN(CCCc1cc(-c2ccccc2)no1)C(=O)C1CCCN1C(=O)Cc1ccccc1. The molecule has 3 aromatic rings. The molecule has 6 nitrogen and oxygen atoms in total. The van der Waals surface area contributed by atoms with Crippen molar-refractivity contribution in [1.82, 2.24) is 15.0 Å². The first-order valence-electron chi connectivity index (χ1n) is 11.2. The molecule has 0 bridgehead atoms. The molecule has 0 radical (unpaired) electrons. The molecule has 0 N–H and O–H groups in total. The summed E-state index contributed by atoms with van der Waals surface area (Å²) in [5.41, 5.74) is 2.82. The van der Waals surface area contributed by atoms with E-state index in [9.17, 15) is 9.59 Å². The van der Waals surface area contributed by atoms with E-state index in [2.05, 4.69) is 5.16 Å². The largest absolute Gasteiger partial charge is 0.361 e. The quantitative estimate of drug-likeness (QED) is 0.541. The van der Waals surface area contributed by atoms with Crippen LogP contribution < -0.4 is 0 Å². The van der Waals surface area contributed by atoms with Crippen molar-refractivity contribution in [1.29, 1.82) is 0 Å². The third-order valence-corrected chi connectivity index (χ3v) is 5.98. The summed E-state index contributed by atoms with van der Waals surface area (Å²) < 4.78 is 5.46. The number of aromatic nitrogens is 1. The molecule has 2 amide bonds. The lowest BCUT2D eigenvalue weighted by molar-refractivity contribution is -0.142. The molecule has 166 valence electrons. The number of hydrogen-bond acceptors (Lipinski definition) is 4. The maximum absolute atomic E-state index is 13.0. The Hall–Kier alpha value is -3.41. The maximum atomic E-state index is 13.0. The first kappa shape index (κ1) is 21.8. The van der Waals surface area contributed by atoms with E-state index in [1.54, 1.807) is 9.80 Å². The predicted octanol–water partition coefficient (Wildman–Crippen LogP) is 3.97. The van der Waals surface area contributed by atoms with Gasteiger partial charge in [0.2, 0.25) is 11.8 Å². The number of rotatable bonds is 8. The van der Waals surface area contributed by atoms with Crippen LogP contribution in [0.15, 0.2) is 71.3 Å². The lowest BCUT2D eigenvalue weighted by Crippen LogP contribution is -2.47. The normalized spacial score (nSPS) is 15.7. The summed E-state index contributed by atoms with van der Waals surface area (Å²) in [7, 11) is 1.82. The van der Waals surface area contributed by atoms with Gasteiger partial charge in [0.05, 0.1) is 6.42 Å². The molecule has 0 spiro atoms. The van der Waals surface area contributed by atoms with Gasteiger partial charge in [0.25, 0.3) is 0 Å². The van der Waals surface area contributed by atoms with Crippen LogP contribution in [0.25, 0.3) is 11.3 Å². The summed E-state index contributed by atoms with van der Waals surface area (Å²) in [6, 6.07) is 21.2. The topological polar surface area (TPSA) is 66.7 Å². The van der Waals surface area contributed by atoms with Crippen molar-refractivity contribution in [3.63, 3.8) is 0 Å². The van der Waals surface area contributed by atoms with Gasteiger partial charge in [-0.2, -0.15) is 0 Å². The number of nitrogens with zero attached hydrogens (tertiary/aromatic N) is 3. The average Bonchev–Trinajstić information content (AvgIpc) is 3.50. The molecular weight excluding hydrogens is 402 g/mol. The lowest BCUT2D eigenvalue weighted by Gasteiger charge is -2.28. The molecule has 1 atom stereocenters. The first-order valence-corrected chi connectivity index (χ1v) is 11.2. The van der Waals surface area contributed by atoms with E-state index in [1.165, 1.54) is 0 Å². The molecule has 32 heavy (non-hydrogen) atoms. The zero-order valence-electron chi connectivity index (χ0n) is 18.4. The molecule has 4 rings (SSSR count). The third-order valence-electron chi connectivity index (χ3n) is 5.98. The minimum absolute atomic E-state index is 0.0199. The number of hydrogen-bond donors (Lipinski definition) is 0. The smallest absolute Gasteiger partial charge is 0.245 e. The van der Waals surface area contributed by atoms with Gasteiger partial charge in [0.15, 0.2) is 0 Å². The lowest BCUT2D eigenvalue weighted by atomic mass is 10.1. The fraction of sp³-hybridized carbons (Fsp3) is 0.346. The second-order valence-corrected chi connectivity index (χ2v) is 8.32.